The Bertz CT molecular complexity index is 881. The molecular weight excluding hydrogens is 419 g/mol. The summed E-state index contributed by atoms with van der Waals surface area (Å²) in [5, 5.41) is 0. The minimum absolute atomic E-state index is 0.0304. The van der Waals surface area contributed by atoms with Crippen LogP contribution in [0, 0.1) is 11.8 Å². The van der Waals surface area contributed by atoms with E-state index in [9.17, 15) is 9.18 Å². The van der Waals surface area contributed by atoms with Crippen LogP contribution in [0.2, 0.25) is 0 Å². The number of benzene rings is 1. The van der Waals surface area contributed by atoms with Crippen molar-refractivity contribution < 1.29 is 13.9 Å². The molecular formula is C26H35FN4O2. The third kappa shape index (κ3) is 5.82. The minimum atomic E-state index is -0.272. The van der Waals surface area contributed by atoms with Crippen molar-refractivity contribution in [1.29, 1.82) is 0 Å². The third-order valence-corrected chi connectivity index (χ3v) is 7.04. The Morgan fingerprint density at radius 2 is 1.79 bits per heavy atom. The maximum Gasteiger partial charge on any atom is 0.231 e. The molecule has 1 aliphatic carbocycles. The van der Waals surface area contributed by atoms with E-state index in [4.69, 9.17) is 4.74 Å². The van der Waals surface area contributed by atoms with Gasteiger partial charge in [-0.05, 0) is 55.9 Å². The highest BCUT2D eigenvalue weighted by Crippen LogP contribution is 2.31. The van der Waals surface area contributed by atoms with Gasteiger partial charge in [-0.2, -0.15) is 0 Å². The van der Waals surface area contributed by atoms with Crippen LogP contribution < -0.4 is 14.5 Å². The molecule has 1 amide bonds. The predicted octanol–water partition coefficient (Wildman–Crippen LogP) is 4.02. The van der Waals surface area contributed by atoms with Gasteiger partial charge in [-0.3, -0.25) is 19.0 Å². The first-order valence-corrected chi connectivity index (χ1v) is 12.1. The Kier molecular flexibility index (Phi) is 8.15. The molecule has 0 radical (unpaired) electrons. The number of halogens is 1. The number of hydrogen-bond acceptors (Lipinski definition) is 5. The van der Waals surface area contributed by atoms with Crippen molar-refractivity contribution in [3.05, 3.63) is 48.7 Å². The van der Waals surface area contributed by atoms with E-state index >= 15 is 0 Å². The van der Waals surface area contributed by atoms with Crippen LogP contribution >= 0.6 is 0 Å². The van der Waals surface area contributed by atoms with Crippen molar-refractivity contribution in [1.82, 2.24) is 9.88 Å². The topological polar surface area (TPSA) is 48.9 Å². The number of hydrogen-bond donors (Lipinski definition) is 0. The third-order valence-electron chi connectivity index (χ3n) is 7.04. The summed E-state index contributed by atoms with van der Waals surface area (Å²) < 4.78 is 18.5. The lowest BCUT2D eigenvalue weighted by Gasteiger charge is -2.38. The van der Waals surface area contributed by atoms with E-state index in [-0.39, 0.29) is 24.4 Å². The normalized spacial score (nSPS) is 21.6. The molecule has 4 rings (SSSR count). The summed E-state index contributed by atoms with van der Waals surface area (Å²) in [7, 11) is 1.71. The number of carbonyl (C=O) groups is 1. The van der Waals surface area contributed by atoms with Gasteiger partial charge in [0.25, 0.3) is 0 Å². The number of pyridine rings is 1. The summed E-state index contributed by atoms with van der Waals surface area (Å²) in [6.07, 6.45) is 4.88. The summed E-state index contributed by atoms with van der Waals surface area (Å²) in [5.74, 6) is 1.84. The van der Waals surface area contributed by atoms with Gasteiger partial charge >= 0.3 is 0 Å². The number of amides is 1. The maximum absolute atomic E-state index is 13.4. The zero-order valence-electron chi connectivity index (χ0n) is 19.5. The summed E-state index contributed by atoms with van der Waals surface area (Å²) >= 11 is 0. The van der Waals surface area contributed by atoms with Gasteiger partial charge < -0.3 is 9.64 Å². The van der Waals surface area contributed by atoms with Gasteiger partial charge in [0, 0.05) is 51.4 Å². The summed E-state index contributed by atoms with van der Waals surface area (Å²) in [5.41, 5.74) is 1.13. The van der Waals surface area contributed by atoms with Gasteiger partial charge in [0.15, 0.2) is 0 Å². The number of carbonyl (C=O) groups excluding carboxylic acids is 1. The lowest BCUT2D eigenvalue weighted by molar-refractivity contribution is -0.123. The van der Waals surface area contributed by atoms with Crippen molar-refractivity contribution in [2.45, 2.75) is 25.7 Å². The van der Waals surface area contributed by atoms with Crippen LogP contribution in [0.4, 0.5) is 15.9 Å². The van der Waals surface area contributed by atoms with Gasteiger partial charge in [-0.1, -0.05) is 18.2 Å². The zero-order chi connectivity index (χ0) is 23.0. The van der Waals surface area contributed by atoms with E-state index in [1.165, 1.54) is 0 Å². The van der Waals surface area contributed by atoms with Crippen LogP contribution in [0.1, 0.15) is 25.7 Å². The second-order valence-electron chi connectivity index (χ2n) is 9.05. The lowest BCUT2D eigenvalue weighted by Crippen LogP contribution is -2.50. The largest absolute Gasteiger partial charge is 0.495 e. The van der Waals surface area contributed by atoms with Crippen LogP contribution in [0.3, 0.4) is 0 Å². The molecule has 2 fully saturated rings. The number of anilines is 2. The van der Waals surface area contributed by atoms with E-state index in [2.05, 4.69) is 20.9 Å². The molecule has 2 aromatic rings. The molecule has 1 saturated carbocycles. The fraction of sp³-hybridized carbons (Fsp3) is 0.538. The molecule has 0 atom stereocenters. The molecule has 1 saturated heterocycles. The standard InChI is InChI=1S/C26H35FN4O2/c1-33-24-7-3-2-6-23(24)30-17-14-29(15-18-30)16-19-31(25-8-4-5-13-28-25)26(32)22-11-9-21(20-27)10-12-22/h2-8,13,21-22H,9-12,14-20H2,1H3/t21-,22-. The quantitative estimate of drug-likeness (QED) is 0.603. The molecule has 0 unspecified atom stereocenters. The predicted molar refractivity (Wildman–Crippen MR) is 130 cm³/mol. The highest BCUT2D eigenvalue weighted by Gasteiger charge is 2.31. The van der Waals surface area contributed by atoms with Crippen molar-refractivity contribution in [2.75, 3.05) is 62.9 Å². The summed E-state index contributed by atoms with van der Waals surface area (Å²) in [6, 6.07) is 13.8. The number of methoxy groups -OCH3 is 1. The Morgan fingerprint density at radius 3 is 2.45 bits per heavy atom. The minimum Gasteiger partial charge on any atom is -0.495 e. The van der Waals surface area contributed by atoms with E-state index in [0.717, 1.165) is 69.8 Å². The van der Waals surface area contributed by atoms with Gasteiger partial charge in [-0.25, -0.2) is 4.98 Å². The first kappa shape index (κ1) is 23.5. The summed E-state index contributed by atoms with van der Waals surface area (Å²) in [6.45, 7) is 4.87. The molecule has 0 spiro atoms. The molecule has 7 heteroatoms. The van der Waals surface area contributed by atoms with E-state index in [1.807, 2.05) is 41.3 Å². The van der Waals surface area contributed by atoms with Gasteiger partial charge in [0.2, 0.25) is 5.91 Å². The number of nitrogens with zero attached hydrogens (tertiary/aromatic N) is 4. The number of aromatic nitrogens is 1. The van der Waals surface area contributed by atoms with Crippen LogP contribution in [0.5, 0.6) is 5.75 Å². The SMILES string of the molecule is COc1ccccc1N1CCN(CCN(c2ccccn2)C(=O)[C@H]2CC[C@H](CF)CC2)CC1. The Balaban J connectivity index is 1.35. The van der Waals surface area contributed by atoms with Crippen molar-refractivity contribution in [3.63, 3.8) is 0 Å². The fourth-order valence-corrected chi connectivity index (χ4v) is 4.98. The second kappa shape index (κ2) is 11.5. The molecule has 1 aromatic heterocycles. The molecule has 2 heterocycles. The average Bonchev–Trinajstić information content (AvgIpc) is 2.89. The average molecular weight is 455 g/mol. The fourth-order valence-electron chi connectivity index (χ4n) is 4.98. The Morgan fingerprint density at radius 1 is 1.06 bits per heavy atom. The van der Waals surface area contributed by atoms with Gasteiger partial charge in [0.05, 0.1) is 19.5 Å². The molecule has 1 aromatic carbocycles. The Hall–Kier alpha value is -2.67. The van der Waals surface area contributed by atoms with Crippen LogP contribution in [-0.4, -0.2) is 68.8 Å². The second-order valence-corrected chi connectivity index (χ2v) is 9.05. The van der Waals surface area contributed by atoms with E-state index in [0.29, 0.717) is 12.4 Å². The molecule has 6 nitrogen and oxygen atoms in total. The van der Waals surface area contributed by atoms with Crippen molar-refractivity contribution in [3.8, 4) is 5.75 Å². The molecule has 178 valence electrons. The molecule has 0 N–H and O–H groups in total. The van der Waals surface area contributed by atoms with Crippen LogP contribution in [-0.2, 0) is 4.79 Å². The van der Waals surface area contributed by atoms with E-state index < -0.39 is 0 Å². The monoisotopic (exact) mass is 454 g/mol. The first-order valence-electron chi connectivity index (χ1n) is 12.1. The van der Waals surface area contributed by atoms with Crippen LogP contribution in [0.15, 0.2) is 48.7 Å². The van der Waals surface area contributed by atoms with Crippen molar-refractivity contribution in [2.24, 2.45) is 11.8 Å². The smallest absolute Gasteiger partial charge is 0.231 e. The lowest BCUT2D eigenvalue weighted by atomic mass is 9.82. The van der Waals surface area contributed by atoms with E-state index in [1.54, 1.807) is 13.3 Å². The van der Waals surface area contributed by atoms with Gasteiger partial charge in [0.1, 0.15) is 11.6 Å². The highest BCUT2D eigenvalue weighted by atomic mass is 19.1. The number of para-hydroxylation sites is 2. The number of piperazine rings is 1. The maximum atomic E-state index is 13.4. The number of alkyl halides is 1. The number of rotatable bonds is 8. The zero-order valence-corrected chi connectivity index (χ0v) is 19.5. The molecule has 1 aliphatic heterocycles. The van der Waals surface area contributed by atoms with Crippen LogP contribution in [0.25, 0.3) is 0 Å². The molecule has 0 bridgehead atoms. The summed E-state index contributed by atoms with van der Waals surface area (Å²) in [4.78, 5) is 24.5. The molecule has 2 aliphatic rings. The highest BCUT2D eigenvalue weighted by molar-refractivity contribution is 5.94. The first-order chi connectivity index (χ1) is 16.2. The number of ether oxygens (including phenoxy) is 1. The van der Waals surface area contributed by atoms with Crippen molar-refractivity contribution >= 4 is 17.4 Å². The van der Waals surface area contributed by atoms with Gasteiger partial charge in [-0.15, -0.1) is 0 Å². The Labute approximate surface area is 196 Å². The molecule has 33 heavy (non-hydrogen) atoms.